The van der Waals surface area contributed by atoms with Gasteiger partial charge in [0.05, 0.1) is 19.3 Å². The molecule has 0 radical (unpaired) electrons. The summed E-state index contributed by atoms with van der Waals surface area (Å²) >= 11 is 6.09. The van der Waals surface area contributed by atoms with E-state index in [9.17, 15) is 5.11 Å². The van der Waals surface area contributed by atoms with Crippen LogP contribution in [0.3, 0.4) is 0 Å². The van der Waals surface area contributed by atoms with E-state index in [2.05, 4.69) is 41.8 Å². The number of nitrogens with zero attached hydrogens (tertiary/aromatic N) is 2. The van der Waals surface area contributed by atoms with E-state index < -0.39 is 6.10 Å². The van der Waals surface area contributed by atoms with Crippen LogP contribution in [0.5, 0.6) is 5.75 Å². The Morgan fingerprint density at radius 3 is 2.40 bits per heavy atom. The van der Waals surface area contributed by atoms with Crippen molar-refractivity contribution < 1.29 is 14.6 Å². The van der Waals surface area contributed by atoms with Crippen molar-refractivity contribution >= 4 is 17.3 Å². The minimum atomic E-state index is -0.493. The molecule has 6 heteroatoms. The Labute approximate surface area is 185 Å². The number of hydrogen-bond acceptors (Lipinski definition) is 5. The lowest BCUT2D eigenvalue weighted by Crippen LogP contribution is -2.49. The molecule has 2 aromatic carbocycles. The van der Waals surface area contributed by atoms with Crippen LogP contribution in [-0.4, -0.2) is 68.7 Å². The summed E-state index contributed by atoms with van der Waals surface area (Å²) < 4.78 is 11.3. The fourth-order valence-electron chi connectivity index (χ4n) is 3.60. The summed E-state index contributed by atoms with van der Waals surface area (Å²) in [5.74, 6) is 1.37. The Bertz CT molecular complexity index is 761. The molecule has 1 unspecified atom stereocenters. The number of hydrogen-bond donors (Lipinski definition) is 1. The van der Waals surface area contributed by atoms with Crippen molar-refractivity contribution in [2.24, 2.45) is 0 Å². The van der Waals surface area contributed by atoms with Gasteiger partial charge in [0.15, 0.2) is 0 Å². The maximum absolute atomic E-state index is 10.3. The molecule has 164 valence electrons. The number of halogens is 1. The summed E-state index contributed by atoms with van der Waals surface area (Å²) in [4.78, 5) is 4.61. The highest BCUT2D eigenvalue weighted by Gasteiger charge is 2.19. The van der Waals surface area contributed by atoms with Crippen LogP contribution >= 0.6 is 11.6 Å². The fourth-order valence-corrected chi connectivity index (χ4v) is 3.78. The van der Waals surface area contributed by atoms with Crippen LogP contribution in [0.25, 0.3) is 0 Å². The van der Waals surface area contributed by atoms with Gasteiger partial charge in [-0.15, -0.1) is 0 Å². The van der Waals surface area contributed by atoms with Gasteiger partial charge >= 0.3 is 0 Å². The molecule has 0 amide bonds. The van der Waals surface area contributed by atoms with Gasteiger partial charge in [-0.2, -0.15) is 0 Å². The normalized spacial score (nSPS) is 16.1. The first-order valence-electron chi connectivity index (χ1n) is 10.7. The second-order valence-electron chi connectivity index (χ2n) is 8.07. The number of anilines is 1. The minimum Gasteiger partial charge on any atom is -0.491 e. The molecule has 2 aromatic rings. The molecular formula is C24H33ClN2O3. The van der Waals surface area contributed by atoms with E-state index >= 15 is 0 Å². The van der Waals surface area contributed by atoms with Gasteiger partial charge in [0, 0.05) is 43.4 Å². The number of β-amino-alcohol motifs (C(OH)–C–C–N with tert-alkyl or cyclic N) is 1. The SMILES string of the molecule is CC(C)c1ccc(OCCOCC(O)CN2CCN(c3cccc(Cl)c3)CC2)cc1. The van der Waals surface area contributed by atoms with Crippen LogP contribution in [0.1, 0.15) is 25.3 Å². The Kier molecular flexibility index (Phi) is 8.82. The average molecular weight is 433 g/mol. The van der Waals surface area contributed by atoms with Crippen LogP contribution in [0, 0.1) is 0 Å². The van der Waals surface area contributed by atoms with E-state index in [4.69, 9.17) is 21.1 Å². The second-order valence-corrected chi connectivity index (χ2v) is 8.50. The van der Waals surface area contributed by atoms with Gasteiger partial charge in [0.1, 0.15) is 12.4 Å². The van der Waals surface area contributed by atoms with Crippen molar-refractivity contribution in [3.8, 4) is 5.75 Å². The molecule has 0 bridgehead atoms. The van der Waals surface area contributed by atoms with Gasteiger partial charge in [0.2, 0.25) is 0 Å². The Hall–Kier alpha value is -1.79. The van der Waals surface area contributed by atoms with Crippen LogP contribution in [-0.2, 0) is 4.74 Å². The first kappa shape index (κ1) is 22.9. The standard InChI is InChI=1S/C24H33ClN2O3/c1-19(2)20-6-8-24(9-7-20)30-15-14-29-18-23(28)17-26-10-12-27(13-11-26)22-5-3-4-21(25)16-22/h3-9,16,19,23,28H,10-15,17-18H2,1-2H3. The number of benzene rings is 2. The Morgan fingerprint density at radius 2 is 1.73 bits per heavy atom. The molecule has 1 aliphatic heterocycles. The van der Waals surface area contributed by atoms with Crippen LogP contribution in [0.15, 0.2) is 48.5 Å². The summed E-state index contributed by atoms with van der Waals surface area (Å²) in [5.41, 5.74) is 2.46. The van der Waals surface area contributed by atoms with Crippen molar-refractivity contribution in [1.82, 2.24) is 4.90 Å². The van der Waals surface area contributed by atoms with Crippen LogP contribution in [0.2, 0.25) is 5.02 Å². The molecule has 1 aliphatic rings. The molecule has 1 fully saturated rings. The maximum atomic E-state index is 10.3. The molecule has 0 spiro atoms. The second kappa shape index (κ2) is 11.6. The van der Waals surface area contributed by atoms with E-state index in [-0.39, 0.29) is 0 Å². The number of piperazine rings is 1. The molecule has 5 nitrogen and oxygen atoms in total. The zero-order valence-electron chi connectivity index (χ0n) is 18.0. The van der Waals surface area contributed by atoms with Crippen LogP contribution in [0.4, 0.5) is 5.69 Å². The zero-order chi connectivity index (χ0) is 21.3. The lowest BCUT2D eigenvalue weighted by atomic mass is 10.0. The lowest BCUT2D eigenvalue weighted by molar-refractivity contribution is 0.00718. The largest absolute Gasteiger partial charge is 0.491 e. The molecule has 30 heavy (non-hydrogen) atoms. The average Bonchev–Trinajstić information content (AvgIpc) is 2.74. The Morgan fingerprint density at radius 1 is 1.00 bits per heavy atom. The first-order chi connectivity index (χ1) is 14.5. The molecule has 1 saturated heterocycles. The van der Waals surface area contributed by atoms with Gasteiger partial charge in [-0.1, -0.05) is 43.6 Å². The summed E-state index contributed by atoms with van der Waals surface area (Å²) in [6.07, 6.45) is -0.493. The van der Waals surface area contributed by atoms with Crippen molar-refractivity contribution in [1.29, 1.82) is 0 Å². The van der Waals surface area contributed by atoms with Gasteiger partial charge in [0.25, 0.3) is 0 Å². The van der Waals surface area contributed by atoms with E-state index in [0.29, 0.717) is 32.3 Å². The molecule has 0 aromatic heterocycles. The van der Waals surface area contributed by atoms with Crippen molar-refractivity contribution in [2.45, 2.75) is 25.9 Å². The monoisotopic (exact) mass is 432 g/mol. The topological polar surface area (TPSA) is 45.2 Å². The smallest absolute Gasteiger partial charge is 0.119 e. The van der Waals surface area contributed by atoms with Crippen LogP contribution < -0.4 is 9.64 Å². The summed E-state index contributed by atoms with van der Waals surface area (Å²) in [7, 11) is 0. The molecule has 0 aliphatic carbocycles. The molecule has 1 atom stereocenters. The fraction of sp³-hybridized carbons (Fsp3) is 0.500. The van der Waals surface area contributed by atoms with E-state index in [1.165, 1.54) is 5.56 Å². The van der Waals surface area contributed by atoms with E-state index in [1.807, 2.05) is 30.3 Å². The molecule has 1 N–H and O–H groups in total. The summed E-state index contributed by atoms with van der Waals surface area (Å²) in [6, 6.07) is 16.1. The number of ether oxygens (including phenoxy) is 2. The Balaban J connectivity index is 1.27. The van der Waals surface area contributed by atoms with E-state index in [1.54, 1.807) is 0 Å². The van der Waals surface area contributed by atoms with Crippen molar-refractivity contribution in [2.75, 3.05) is 57.4 Å². The van der Waals surface area contributed by atoms with E-state index in [0.717, 1.165) is 42.6 Å². The minimum absolute atomic E-state index is 0.324. The highest BCUT2D eigenvalue weighted by atomic mass is 35.5. The molecular weight excluding hydrogens is 400 g/mol. The zero-order valence-corrected chi connectivity index (χ0v) is 18.7. The maximum Gasteiger partial charge on any atom is 0.119 e. The number of aliphatic hydroxyl groups is 1. The highest BCUT2D eigenvalue weighted by molar-refractivity contribution is 6.30. The summed E-state index contributed by atoms with van der Waals surface area (Å²) in [6.45, 7) is 9.93. The quantitative estimate of drug-likeness (QED) is 0.574. The van der Waals surface area contributed by atoms with Crippen molar-refractivity contribution in [3.63, 3.8) is 0 Å². The van der Waals surface area contributed by atoms with Gasteiger partial charge in [-0.05, 0) is 41.8 Å². The highest BCUT2D eigenvalue weighted by Crippen LogP contribution is 2.21. The molecule has 0 saturated carbocycles. The third-order valence-electron chi connectivity index (χ3n) is 5.37. The third kappa shape index (κ3) is 7.17. The first-order valence-corrected chi connectivity index (χ1v) is 11.1. The molecule has 3 rings (SSSR count). The van der Waals surface area contributed by atoms with Crippen molar-refractivity contribution in [3.05, 3.63) is 59.1 Å². The van der Waals surface area contributed by atoms with Gasteiger partial charge in [-0.3, -0.25) is 4.90 Å². The number of rotatable bonds is 10. The molecule has 1 heterocycles. The predicted octanol–water partition coefficient (Wildman–Crippen LogP) is 4.04. The predicted molar refractivity (Wildman–Crippen MR) is 123 cm³/mol. The summed E-state index contributed by atoms with van der Waals surface area (Å²) in [5, 5.41) is 11.0. The lowest BCUT2D eigenvalue weighted by Gasteiger charge is -2.36. The third-order valence-corrected chi connectivity index (χ3v) is 5.60. The van der Waals surface area contributed by atoms with Gasteiger partial charge in [-0.25, -0.2) is 0 Å². The van der Waals surface area contributed by atoms with Gasteiger partial charge < -0.3 is 19.5 Å². The number of aliphatic hydroxyl groups excluding tert-OH is 1.